The molecule has 0 amide bonds. The molecule has 5 N–H and O–H groups in total. The Morgan fingerprint density at radius 1 is 0.613 bits per heavy atom. The SMILES string of the molecule is COC(=O)c1ccc(CC2(C3=Cc4ccccc4C3)Cc3ccccc3C2OC(=O)[C@@H](Cc2ccccc2)NB(C)O)cc1.O=C(O)c1ccc(CC2(C3=Cc4ccccc4C3)Cc3ccccc3C2O)cc1.[Na+].[OH-]. The minimum absolute atomic E-state index is 0. The number of carboxylic acid groups (broad SMARTS) is 1. The second kappa shape index (κ2) is 23.5. The van der Waals surface area contributed by atoms with Crippen molar-refractivity contribution < 1.29 is 74.1 Å². The number of fused-ring (bicyclic) bond motifs is 4. The summed E-state index contributed by atoms with van der Waals surface area (Å²) in [6.07, 6.45) is 8.12. The van der Waals surface area contributed by atoms with Gasteiger partial charge in [0.05, 0.1) is 24.3 Å². The van der Waals surface area contributed by atoms with Gasteiger partial charge in [-0.15, -0.1) is 0 Å². The van der Waals surface area contributed by atoms with Crippen LogP contribution in [-0.2, 0) is 59.2 Å². The van der Waals surface area contributed by atoms with E-state index in [2.05, 4.69) is 78.0 Å². The van der Waals surface area contributed by atoms with E-state index in [1.54, 1.807) is 31.1 Å². The molecule has 0 saturated heterocycles. The molecule has 0 spiro atoms. The van der Waals surface area contributed by atoms with E-state index in [4.69, 9.17) is 9.47 Å². The van der Waals surface area contributed by atoms with Crippen molar-refractivity contribution >= 4 is 37.1 Å². The zero-order valence-electron chi connectivity index (χ0n) is 42.5. The Kier molecular flexibility index (Phi) is 17.1. The van der Waals surface area contributed by atoms with Crippen molar-refractivity contribution in [1.82, 2.24) is 5.23 Å². The summed E-state index contributed by atoms with van der Waals surface area (Å²) in [6, 6.07) is 56.7. The third-order valence-corrected chi connectivity index (χ3v) is 15.4. The topological polar surface area (TPSA) is 172 Å². The number of hydrogen-bond acceptors (Lipinski definition) is 9. The molecule has 0 aliphatic heterocycles. The summed E-state index contributed by atoms with van der Waals surface area (Å²) >= 11 is 0. The summed E-state index contributed by atoms with van der Waals surface area (Å²) in [7, 11) is 0.485. The van der Waals surface area contributed by atoms with Crippen LogP contribution in [0.15, 0.2) is 187 Å². The monoisotopic (exact) mass is 1010 g/mol. The van der Waals surface area contributed by atoms with Crippen molar-refractivity contribution in [1.29, 1.82) is 0 Å². The molecule has 0 fully saturated rings. The fraction of sp³-hybridized carbons (Fsp3) is 0.222. The van der Waals surface area contributed by atoms with Crippen LogP contribution in [0.2, 0.25) is 6.82 Å². The van der Waals surface area contributed by atoms with Crippen molar-refractivity contribution in [3.8, 4) is 0 Å². The predicted octanol–water partition coefficient (Wildman–Crippen LogP) is 7.46. The molecule has 10 nitrogen and oxygen atoms in total. The summed E-state index contributed by atoms with van der Waals surface area (Å²) in [5.41, 5.74) is 14.6. The number of ether oxygens (including phenoxy) is 2. The molecule has 0 bridgehead atoms. The first-order valence-electron chi connectivity index (χ1n) is 25.0. The minimum Gasteiger partial charge on any atom is -0.870 e. The molecular weight excluding hydrogens is 948 g/mol. The molecule has 5 atom stereocenters. The van der Waals surface area contributed by atoms with Crippen LogP contribution in [0.4, 0.5) is 0 Å². The molecule has 7 aromatic rings. The maximum atomic E-state index is 14.1. The van der Waals surface area contributed by atoms with Crippen LogP contribution in [0.3, 0.4) is 0 Å². The third-order valence-electron chi connectivity index (χ3n) is 15.4. The van der Waals surface area contributed by atoms with Crippen LogP contribution in [0, 0.1) is 10.8 Å². The van der Waals surface area contributed by atoms with E-state index in [1.165, 1.54) is 46.1 Å². The Balaban J connectivity index is 0.000000209. The van der Waals surface area contributed by atoms with Gasteiger partial charge in [0.25, 0.3) is 0 Å². The number of aromatic carboxylic acids is 1. The third kappa shape index (κ3) is 11.3. The Morgan fingerprint density at radius 2 is 1.08 bits per heavy atom. The van der Waals surface area contributed by atoms with Crippen LogP contribution < -0.4 is 34.8 Å². The van der Waals surface area contributed by atoms with Gasteiger partial charge in [0.15, 0.2) is 0 Å². The number of aliphatic hydroxyl groups is 1. The number of carbonyl (C=O) groups is 3. The van der Waals surface area contributed by atoms with Crippen molar-refractivity contribution in [3.63, 3.8) is 0 Å². The molecule has 0 saturated carbocycles. The molecule has 75 heavy (non-hydrogen) atoms. The molecule has 0 heterocycles. The number of nitrogens with one attached hydrogen (secondary N) is 1. The molecule has 11 rings (SSSR count). The van der Waals surface area contributed by atoms with Crippen LogP contribution >= 0.6 is 0 Å². The second-order valence-corrected chi connectivity index (χ2v) is 20.0. The van der Waals surface area contributed by atoms with Crippen LogP contribution in [0.25, 0.3) is 12.2 Å². The molecule has 7 aromatic carbocycles. The number of rotatable bonds is 14. The normalized spacial score (nSPS) is 19.7. The molecule has 374 valence electrons. The number of carboxylic acids is 1. The first-order chi connectivity index (χ1) is 35.4. The average molecular weight is 1010 g/mol. The van der Waals surface area contributed by atoms with Gasteiger partial charge >= 0.3 is 54.5 Å². The summed E-state index contributed by atoms with van der Waals surface area (Å²) in [5.74, 6) is -1.71. The quantitative estimate of drug-likeness (QED) is 0.0633. The van der Waals surface area contributed by atoms with Crippen molar-refractivity contribution in [3.05, 3.63) is 259 Å². The number of carbonyl (C=O) groups excluding carboxylic acids is 2. The van der Waals surface area contributed by atoms with Gasteiger partial charge in [-0.25, -0.2) is 9.59 Å². The molecular formula is C63H59BNNaO9. The first-order valence-corrected chi connectivity index (χ1v) is 25.0. The predicted molar refractivity (Wildman–Crippen MR) is 287 cm³/mol. The van der Waals surface area contributed by atoms with Gasteiger partial charge in [0.1, 0.15) is 12.1 Å². The fourth-order valence-corrected chi connectivity index (χ4v) is 11.8. The van der Waals surface area contributed by atoms with Gasteiger partial charge in [0, 0.05) is 10.8 Å². The average Bonchev–Trinajstić information content (AvgIpc) is 4.19. The largest absolute Gasteiger partial charge is 1.00 e. The van der Waals surface area contributed by atoms with Crippen LogP contribution in [0.5, 0.6) is 0 Å². The van der Waals surface area contributed by atoms with Gasteiger partial charge < -0.3 is 35.4 Å². The number of aliphatic hydroxyl groups excluding tert-OH is 1. The zero-order chi connectivity index (χ0) is 50.7. The van der Waals surface area contributed by atoms with Crippen molar-refractivity contribution in [2.24, 2.45) is 10.8 Å². The van der Waals surface area contributed by atoms with E-state index in [1.807, 2.05) is 91.0 Å². The Bertz CT molecular complexity index is 3250. The maximum absolute atomic E-state index is 14.1. The molecule has 12 heteroatoms. The van der Waals surface area contributed by atoms with Crippen LogP contribution in [0.1, 0.15) is 94.1 Å². The molecule has 4 aliphatic carbocycles. The number of esters is 2. The number of methoxy groups -OCH3 is 1. The van der Waals surface area contributed by atoms with Gasteiger partial charge in [-0.1, -0.05) is 175 Å². The summed E-state index contributed by atoms with van der Waals surface area (Å²) in [4.78, 5) is 37.5. The maximum Gasteiger partial charge on any atom is 1.00 e. The molecule has 4 unspecified atom stereocenters. The van der Waals surface area contributed by atoms with Gasteiger partial charge in [-0.05, 0) is 137 Å². The van der Waals surface area contributed by atoms with E-state index in [0.29, 0.717) is 31.2 Å². The summed E-state index contributed by atoms with van der Waals surface area (Å²) < 4.78 is 11.5. The van der Waals surface area contributed by atoms with E-state index >= 15 is 0 Å². The smallest absolute Gasteiger partial charge is 0.870 e. The van der Waals surface area contributed by atoms with Gasteiger partial charge in [0.2, 0.25) is 0 Å². The first kappa shape index (κ1) is 54.6. The molecule has 0 radical (unpaired) electrons. The summed E-state index contributed by atoms with van der Waals surface area (Å²) in [5, 5.41) is 34.0. The molecule has 0 aromatic heterocycles. The van der Waals surface area contributed by atoms with Crippen LogP contribution in [-0.4, -0.2) is 58.8 Å². The van der Waals surface area contributed by atoms with E-state index in [9.17, 15) is 29.6 Å². The standard InChI is InChI=1S/C37H36BNO5.C26H22O3.Na.H2O/c1-38(42)39-33(20-25-10-4-3-5-11-25)36(41)44-34-32-15-9-8-14-30(32)24-37(34,31-21-28-12-6-7-13-29(28)22-31)23-26-16-18-27(19-17-26)35(40)43-2;27-24-23-8-4-3-7-21(23)16-26(24,15-17-9-11-18(12-10-17)25(28)29)22-13-19-5-1-2-6-20(19)14-22;;/h3-19,21,33-34,39,42H,20,22-24H2,1-2H3;1-13,24,27H,14-16H2,(H,28,29);;1H2/q;;+1;/p-1/t33-,34?,37?;;;/m1.../s1. The van der Waals surface area contributed by atoms with Crippen molar-refractivity contribution in [2.45, 2.75) is 70.0 Å². The Labute approximate surface area is 460 Å². The number of benzene rings is 7. The van der Waals surface area contributed by atoms with Gasteiger partial charge in [-0.2, -0.15) is 0 Å². The minimum atomic E-state index is -0.923. The zero-order valence-corrected chi connectivity index (χ0v) is 44.5. The van der Waals surface area contributed by atoms with Gasteiger partial charge in [-0.3, -0.25) is 4.79 Å². The summed E-state index contributed by atoms with van der Waals surface area (Å²) in [6.45, 7) is 1.61. The Hall–Kier alpha value is -6.67. The van der Waals surface area contributed by atoms with E-state index in [-0.39, 0.29) is 46.6 Å². The van der Waals surface area contributed by atoms with E-state index < -0.39 is 48.1 Å². The van der Waals surface area contributed by atoms with Crippen molar-refractivity contribution in [2.75, 3.05) is 7.11 Å². The Morgan fingerprint density at radius 3 is 1.61 bits per heavy atom. The molecule has 4 aliphatic rings. The second-order valence-electron chi connectivity index (χ2n) is 20.0. The number of hydrogen-bond donors (Lipinski definition) is 4. The van der Waals surface area contributed by atoms with E-state index in [0.717, 1.165) is 52.6 Å². The fourth-order valence-electron chi connectivity index (χ4n) is 11.8.